The summed E-state index contributed by atoms with van der Waals surface area (Å²) in [4.78, 5) is 63.6. The van der Waals surface area contributed by atoms with Crippen LogP contribution in [0.5, 0.6) is 11.5 Å². The van der Waals surface area contributed by atoms with Gasteiger partial charge in [-0.1, -0.05) is 121 Å². The van der Waals surface area contributed by atoms with Crippen LogP contribution in [0.3, 0.4) is 0 Å². The molecule has 0 spiro atoms. The predicted molar refractivity (Wildman–Crippen MR) is 270 cm³/mol. The van der Waals surface area contributed by atoms with Crippen molar-refractivity contribution in [2.45, 2.75) is 260 Å². The Hall–Kier alpha value is -4.08. The fourth-order valence-electron chi connectivity index (χ4n) is 11.3. The molecule has 2 N–H and O–H groups in total. The van der Waals surface area contributed by atoms with Crippen molar-refractivity contribution in [1.29, 1.82) is 0 Å². The second kappa shape index (κ2) is 18.3. The summed E-state index contributed by atoms with van der Waals surface area (Å²) in [5, 5.41) is 23.8. The summed E-state index contributed by atoms with van der Waals surface area (Å²) < 4.78 is 13.7. The molecule has 0 saturated carbocycles. The molecule has 0 radical (unpaired) electrons. The van der Waals surface area contributed by atoms with Crippen LogP contribution in [-0.4, -0.2) is 78.1 Å². The van der Waals surface area contributed by atoms with E-state index in [1.165, 1.54) is 0 Å². The lowest BCUT2D eigenvalue weighted by atomic mass is 9.71. The second-order valence-electron chi connectivity index (χ2n) is 26.5. The monoisotopic (exact) mass is 931 g/mol. The van der Waals surface area contributed by atoms with Gasteiger partial charge in [0, 0.05) is 23.9 Å². The van der Waals surface area contributed by atoms with Crippen LogP contribution in [0.4, 0.5) is 0 Å². The van der Waals surface area contributed by atoms with E-state index in [1.54, 1.807) is 0 Å². The van der Waals surface area contributed by atoms with Crippen LogP contribution >= 0.6 is 0 Å². The van der Waals surface area contributed by atoms with Crippen LogP contribution < -0.4 is 0 Å². The van der Waals surface area contributed by atoms with Gasteiger partial charge in [-0.15, -0.1) is 0 Å². The van der Waals surface area contributed by atoms with Gasteiger partial charge in [-0.2, -0.15) is 0 Å². The minimum absolute atomic E-state index is 0.0583. The number of esters is 2. The van der Waals surface area contributed by atoms with Crippen molar-refractivity contribution >= 4 is 23.8 Å². The third kappa shape index (κ3) is 11.0. The molecule has 10 heteroatoms. The molecule has 10 nitrogen and oxygen atoms in total. The maximum Gasteiger partial charge on any atom is 0.324 e. The number of likely N-dealkylation sites (tertiary alicyclic amines) is 2. The summed E-state index contributed by atoms with van der Waals surface area (Å²) in [6.07, 6.45) is 0.698. The minimum atomic E-state index is -2.05. The number of hydrogen-bond acceptors (Lipinski definition) is 8. The van der Waals surface area contributed by atoms with E-state index in [2.05, 4.69) is 0 Å². The zero-order valence-corrected chi connectivity index (χ0v) is 45.9. The number of benzene rings is 2. The van der Waals surface area contributed by atoms with E-state index in [0.717, 1.165) is 0 Å². The standard InChI is InChI=1S/C57H90N2O8/c1-23-43(60)58-53(15,16)27-25-41(55(58,19)20)66-47(64)57(33-35-29-37(49(3,4)5)45(62)38(30-35)50(6,7)8,34-36-31-39(51(9,10)11)46(63)40(32-36)52(12,13)14)48(65)67-42-26-28-54(17,18)59(44(61)24-2)56(42,21)22/h29-32,41-42,62-63H,23-28,33-34H2,1-22H3. The number of piperidine rings is 2. The summed E-state index contributed by atoms with van der Waals surface area (Å²) in [5.41, 5.74) is -3.09. The second-order valence-corrected chi connectivity index (χ2v) is 26.5. The fraction of sp³-hybridized carbons (Fsp3) is 0.719. The Morgan fingerprint density at radius 3 is 1.00 bits per heavy atom. The number of carbonyl (C=O) groups is 4. The number of phenols is 2. The van der Waals surface area contributed by atoms with Crippen molar-refractivity contribution in [2.75, 3.05) is 0 Å². The third-order valence-corrected chi connectivity index (χ3v) is 14.9. The highest BCUT2D eigenvalue weighted by molar-refractivity contribution is 6.01. The first-order valence-electron chi connectivity index (χ1n) is 24.9. The normalized spacial score (nSPS) is 20.9. The first kappa shape index (κ1) is 55.5. The van der Waals surface area contributed by atoms with E-state index in [9.17, 15) is 19.8 Å². The molecule has 0 aliphatic carbocycles. The zero-order chi connectivity index (χ0) is 51.6. The van der Waals surface area contributed by atoms with Crippen LogP contribution in [0.15, 0.2) is 24.3 Å². The third-order valence-electron chi connectivity index (χ3n) is 14.9. The van der Waals surface area contributed by atoms with Gasteiger partial charge < -0.3 is 29.5 Å². The summed E-state index contributed by atoms with van der Waals surface area (Å²) in [6, 6.07) is 7.62. The lowest BCUT2D eigenvalue weighted by Gasteiger charge is -2.56. The Morgan fingerprint density at radius 2 is 0.776 bits per heavy atom. The highest BCUT2D eigenvalue weighted by Crippen LogP contribution is 2.48. The van der Waals surface area contributed by atoms with Crippen molar-refractivity contribution < 1.29 is 38.9 Å². The molecule has 2 heterocycles. The van der Waals surface area contributed by atoms with Crippen LogP contribution in [0.2, 0.25) is 0 Å². The highest BCUT2D eigenvalue weighted by Gasteiger charge is 2.58. The lowest BCUT2D eigenvalue weighted by molar-refractivity contribution is -0.200. The van der Waals surface area contributed by atoms with E-state index in [1.807, 2.05) is 186 Å². The summed E-state index contributed by atoms with van der Waals surface area (Å²) in [5.74, 6) is -1.33. The van der Waals surface area contributed by atoms with Gasteiger partial charge in [-0.25, -0.2) is 0 Å². The van der Waals surface area contributed by atoms with Crippen LogP contribution in [-0.2, 0) is 63.2 Å². The fourth-order valence-corrected chi connectivity index (χ4v) is 11.3. The number of ether oxygens (including phenoxy) is 2. The molecular weight excluding hydrogens is 841 g/mol. The number of amides is 2. The Balaban J connectivity index is 2.16. The molecule has 376 valence electrons. The van der Waals surface area contributed by atoms with E-state index in [4.69, 9.17) is 9.47 Å². The topological polar surface area (TPSA) is 134 Å². The van der Waals surface area contributed by atoms with Gasteiger partial charge in [0.05, 0.1) is 11.1 Å². The predicted octanol–water partition coefficient (Wildman–Crippen LogP) is 12.1. The Labute approximate surface area is 405 Å². The molecule has 0 aromatic heterocycles. The number of carbonyl (C=O) groups excluding carboxylic acids is 4. The van der Waals surface area contributed by atoms with Crippen LogP contribution in [0, 0.1) is 5.41 Å². The Bertz CT molecular complexity index is 1970. The van der Waals surface area contributed by atoms with E-state index >= 15 is 9.59 Å². The van der Waals surface area contributed by atoms with Gasteiger partial charge in [0.15, 0.2) is 5.41 Å². The zero-order valence-electron chi connectivity index (χ0n) is 45.9. The molecular formula is C57H90N2O8. The van der Waals surface area contributed by atoms with E-state index in [-0.39, 0.29) is 49.0 Å². The molecule has 67 heavy (non-hydrogen) atoms. The molecule has 2 unspecified atom stereocenters. The Morgan fingerprint density at radius 1 is 0.522 bits per heavy atom. The Kier molecular flexibility index (Phi) is 15.2. The first-order chi connectivity index (χ1) is 30.1. The van der Waals surface area contributed by atoms with Crippen molar-refractivity contribution in [3.05, 3.63) is 57.6 Å². The summed E-state index contributed by atoms with van der Waals surface area (Å²) in [7, 11) is 0. The number of phenolic OH excluding ortho intramolecular Hbond substituents is 2. The maximum absolute atomic E-state index is 16.2. The van der Waals surface area contributed by atoms with Crippen molar-refractivity contribution in [3.63, 3.8) is 0 Å². The van der Waals surface area contributed by atoms with Gasteiger partial charge in [0.2, 0.25) is 11.8 Å². The average Bonchev–Trinajstić information content (AvgIpc) is 3.15. The minimum Gasteiger partial charge on any atom is -0.507 e. The van der Waals surface area contributed by atoms with E-state index < -0.39 is 73.4 Å². The van der Waals surface area contributed by atoms with Crippen molar-refractivity contribution in [1.82, 2.24) is 9.80 Å². The van der Waals surface area contributed by atoms with Crippen molar-refractivity contribution in [2.24, 2.45) is 5.41 Å². The van der Waals surface area contributed by atoms with Crippen LogP contribution in [0.1, 0.15) is 224 Å². The quantitative estimate of drug-likeness (QED) is 0.178. The molecule has 2 fully saturated rings. The smallest absolute Gasteiger partial charge is 0.324 e. The first-order valence-corrected chi connectivity index (χ1v) is 24.9. The van der Waals surface area contributed by atoms with E-state index in [0.29, 0.717) is 59.1 Å². The summed E-state index contributed by atoms with van der Waals surface area (Å²) >= 11 is 0. The maximum atomic E-state index is 16.2. The van der Waals surface area contributed by atoms with Gasteiger partial charge in [-0.05, 0) is 149 Å². The van der Waals surface area contributed by atoms with Gasteiger partial charge in [0.1, 0.15) is 23.7 Å². The molecule has 0 bridgehead atoms. The molecule has 4 rings (SSSR count). The summed E-state index contributed by atoms with van der Waals surface area (Å²) in [6.45, 7) is 43.9. The van der Waals surface area contributed by atoms with Gasteiger partial charge in [0.25, 0.3) is 0 Å². The van der Waals surface area contributed by atoms with Crippen molar-refractivity contribution in [3.8, 4) is 11.5 Å². The number of rotatable bonds is 10. The molecule has 2 saturated heterocycles. The SMILES string of the molecule is CCC(=O)N1C(C)(C)CCC(OC(=O)C(Cc2cc(C(C)(C)C)c(O)c(C(C)(C)C)c2)(Cc2cc(C(C)(C)C)c(O)c(C(C)(C)C)c2)C(=O)OC2CCC(C)(C)N(C(=O)CC)C2(C)C)C1(C)C. The molecule has 2 atom stereocenters. The average molecular weight is 931 g/mol. The largest absolute Gasteiger partial charge is 0.507 e. The lowest BCUT2D eigenvalue weighted by Crippen LogP contribution is -2.68. The highest BCUT2D eigenvalue weighted by atomic mass is 16.6. The number of nitrogens with zero attached hydrogens (tertiary/aromatic N) is 2. The molecule has 2 aromatic carbocycles. The molecule has 2 aromatic rings. The van der Waals surface area contributed by atoms with Gasteiger partial charge >= 0.3 is 11.9 Å². The molecule has 2 aliphatic heterocycles. The van der Waals surface area contributed by atoms with Crippen LogP contribution in [0.25, 0.3) is 0 Å². The van der Waals surface area contributed by atoms with Gasteiger partial charge in [-0.3, -0.25) is 19.2 Å². The molecule has 2 aliphatic rings. The number of hydrogen-bond donors (Lipinski definition) is 2. The molecule has 2 amide bonds. The number of aromatic hydroxyl groups is 2.